The lowest BCUT2D eigenvalue weighted by Crippen LogP contribution is -2.42. The third-order valence-corrected chi connectivity index (χ3v) is 4.08. The summed E-state index contributed by atoms with van der Waals surface area (Å²) in [5.74, 6) is -0.161. The highest BCUT2D eigenvalue weighted by atomic mass is 35.5. The molecule has 0 saturated carbocycles. The minimum atomic E-state index is -0.239. The monoisotopic (exact) mass is 314 g/mol. The second-order valence-corrected chi connectivity index (χ2v) is 5.96. The Morgan fingerprint density at radius 1 is 1.29 bits per heavy atom. The fourth-order valence-electron chi connectivity index (χ4n) is 2.52. The first-order valence-corrected chi connectivity index (χ1v) is 7.29. The summed E-state index contributed by atoms with van der Waals surface area (Å²) in [6.07, 6.45) is 3.32. The highest BCUT2D eigenvalue weighted by Gasteiger charge is 2.26. The Balaban J connectivity index is 0.00000220. The number of rotatable bonds is 5. The fraction of sp³-hybridized carbons (Fsp3) is 0.562. The maximum absolute atomic E-state index is 12.8. The van der Waals surface area contributed by atoms with Gasteiger partial charge in [-0.25, -0.2) is 4.39 Å². The lowest BCUT2D eigenvalue weighted by Gasteiger charge is -2.34. The number of hydrogen-bond acceptors (Lipinski definition) is 2. The van der Waals surface area contributed by atoms with Crippen LogP contribution in [-0.2, 0) is 11.2 Å². The van der Waals surface area contributed by atoms with Crippen molar-refractivity contribution in [3.8, 4) is 0 Å². The van der Waals surface area contributed by atoms with Gasteiger partial charge >= 0.3 is 0 Å². The van der Waals surface area contributed by atoms with E-state index in [4.69, 9.17) is 0 Å². The molecule has 5 heteroatoms. The van der Waals surface area contributed by atoms with Gasteiger partial charge in [-0.3, -0.25) is 4.79 Å². The molecular weight excluding hydrogens is 291 g/mol. The summed E-state index contributed by atoms with van der Waals surface area (Å²) in [6.45, 7) is 5.04. The molecule has 1 saturated heterocycles. The molecule has 2 rings (SSSR count). The Morgan fingerprint density at radius 3 is 2.52 bits per heavy atom. The molecule has 0 radical (unpaired) electrons. The van der Waals surface area contributed by atoms with E-state index in [1.165, 1.54) is 12.1 Å². The average molecular weight is 315 g/mol. The predicted octanol–water partition coefficient (Wildman–Crippen LogP) is 2.69. The van der Waals surface area contributed by atoms with Crippen LogP contribution in [0.25, 0.3) is 0 Å². The molecule has 2 N–H and O–H groups in total. The van der Waals surface area contributed by atoms with E-state index in [1.54, 1.807) is 12.1 Å². The summed E-state index contributed by atoms with van der Waals surface area (Å²) in [4.78, 5) is 11.9. The zero-order valence-corrected chi connectivity index (χ0v) is 13.3. The summed E-state index contributed by atoms with van der Waals surface area (Å²) in [6, 6.07) is 6.33. The molecule has 1 fully saturated rings. The van der Waals surface area contributed by atoms with Crippen LogP contribution in [0.2, 0.25) is 0 Å². The van der Waals surface area contributed by atoms with Crippen LogP contribution in [0.1, 0.15) is 31.7 Å². The lowest BCUT2D eigenvalue weighted by atomic mass is 9.81. The molecule has 1 aliphatic rings. The van der Waals surface area contributed by atoms with Crippen LogP contribution in [-0.4, -0.2) is 25.5 Å². The number of amides is 1. The summed E-state index contributed by atoms with van der Waals surface area (Å²) in [7, 11) is 0. The highest BCUT2D eigenvalue weighted by molar-refractivity contribution is 5.85. The molecule has 1 aromatic rings. The normalized spacial score (nSPS) is 16.9. The zero-order valence-electron chi connectivity index (χ0n) is 12.5. The highest BCUT2D eigenvalue weighted by Crippen LogP contribution is 2.26. The van der Waals surface area contributed by atoms with Gasteiger partial charge in [0.2, 0.25) is 5.91 Å². The number of piperidine rings is 1. The van der Waals surface area contributed by atoms with Gasteiger partial charge in [-0.1, -0.05) is 19.1 Å². The molecule has 1 aromatic carbocycles. The minimum Gasteiger partial charge on any atom is -0.356 e. The van der Waals surface area contributed by atoms with E-state index < -0.39 is 0 Å². The first-order valence-electron chi connectivity index (χ1n) is 7.29. The van der Waals surface area contributed by atoms with E-state index in [9.17, 15) is 9.18 Å². The number of hydrogen-bond donors (Lipinski definition) is 2. The van der Waals surface area contributed by atoms with Crippen LogP contribution in [0.5, 0.6) is 0 Å². The van der Waals surface area contributed by atoms with Crippen molar-refractivity contribution in [1.82, 2.24) is 10.6 Å². The average Bonchev–Trinajstić information content (AvgIpc) is 2.45. The van der Waals surface area contributed by atoms with E-state index in [1.807, 2.05) is 0 Å². The molecule has 0 unspecified atom stereocenters. The van der Waals surface area contributed by atoms with Crippen molar-refractivity contribution < 1.29 is 9.18 Å². The first-order chi connectivity index (χ1) is 9.57. The van der Waals surface area contributed by atoms with Gasteiger partial charge in [0.1, 0.15) is 5.82 Å². The Hall–Kier alpha value is -1.13. The molecule has 3 nitrogen and oxygen atoms in total. The standard InChI is InChI=1S/C16H23FN2O.ClH/c1-16(8-10-18-11-9-16)12-19-15(20)7-4-13-2-5-14(17)6-3-13;/h2-3,5-6,18H,4,7-12H2,1H3,(H,19,20);1H. The molecule has 1 aliphatic heterocycles. The molecule has 0 aliphatic carbocycles. The Kier molecular flexibility index (Phi) is 7.12. The zero-order chi connectivity index (χ0) is 14.4. The second kappa shape index (κ2) is 8.35. The number of carbonyl (C=O) groups excluding carboxylic acids is 1. The largest absolute Gasteiger partial charge is 0.356 e. The Bertz CT molecular complexity index is 444. The molecule has 1 heterocycles. The maximum Gasteiger partial charge on any atom is 0.220 e. The summed E-state index contributed by atoms with van der Waals surface area (Å²) < 4.78 is 12.8. The van der Waals surface area contributed by atoms with Crippen LogP contribution in [0, 0.1) is 11.2 Å². The molecule has 0 bridgehead atoms. The number of carbonyl (C=O) groups is 1. The third kappa shape index (κ3) is 6.02. The summed E-state index contributed by atoms with van der Waals surface area (Å²) >= 11 is 0. The fourth-order valence-corrected chi connectivity index (χ4v) is 2.52. The SMILES string of the molecule is CC1(CNC(=O)CCc2ccc(F)cc2)CCNCC1.Cl. The molecule has 0 aromatic heterocycles. The predicted molar refractivity (Wildman–Crippen MR) is 85.2 cm³/mol. The second-order valence-electron chi connectivity index (χ2n) is 5.96. The van der Waals surface area contributed by atoms with E-state index in [2.05, 4.69) is 17.6 Å². The van der Waals surface area contributed by atoms with Crippen molar-refractivity contribution in [2.24, 2.45) is 5.41 Å². The molecule has 0 atom stereocenters. The Morgan fingerprint density at radius 2 is 1.90 bits per heavy atom. The minimum absolute atomic E-state index is 0. The van der Waals surface area contributed by atoms with Gasteiger partial charge in [-0.05, 0) is 55.5 Å². The number of nitrogens with one attached hydrogen (secondary N) is 2. The van der Waals surface area contributed by atoms with Crippen LogP contribution >= 0.6 is 12.4 Å². The third-order valence-electron chi connectivity index (χ3n) is 4.08. The van der Waals surface area contributed by atoms with Gasteiger partial charge < -0.3 is 10.6 Å². The van der Waals surface area contributed by atoms with Crippen molar-refractivity contribution >= 4 is 18.3 Å². The number of benzene rings is 1. The van der Waals surface area contributed by atoms with Crippen molar-refractivity contribution in [3.63, 3.8) is 0 Å². The van der Waals surface area contributed by atoms with Crippen molar-refractivity contribution in [3.05, 3.63) is 35.6 Å². The van der Waals surface area contributed by atoms with Crippen LogP contribution in [0.4, 0.5) is 4.39 Å². The van der Waals surface area contributed by atoms with E-state index >= 15 is 0 Å². The van der Waals surface area contributed by atoms with Crippen LogP contribution in [0.3, 0.4) is 0 Å². The molecular formula is C16H24ClFN2O. The molecule has 1 amide bonds. The van der Waals surface area contributed by atoms with Gasteiger partial charge in [0.15, 0.2) is 0 Å². The van der Waals surface area contributed by atoms with Gasteiger partial charge in [-0.2, -0.15) is 0 Å². The quantitative estimate of drug-likeness (QED) is 0.877. The number of halogens is 2. The van der Waals surface area contributed by atoms with E-state index in [0.29, 0.717) is 12.8 Å². The first kappa shape index (κ1) is 17.9. The number of aryl methyl sites for hydroxylation is 1. The van der Waals surface area contributed by atoms with Crippen LogP contribution < -0.4 is 10.6 Å². The van der Waals surface area contributed by atoms with Crippen molar-refractivity contribution in [2.45, 2.75) is 32.6 Å². The molecule has 118 valence electrons. The van der Waals surface area contributed by atoms with E-state index in [-0.39, 0.29) is 29.5 Å². The van der Waals surface area contributed by atoms with Gasteiger partial charge in [0.25, 0.3) is 0 Å². The summed E-state index contributed by atoms with van der Waals surface area (Å²) in [5, 5.41) is 6.37. The molecule has 21 heavy (non-hydrogen) atoms. The maximum atomic E-state index is 12.8. The molecule has 0 spiro atoms. The van der Waals surface area contributed by atoms with Crippen molar-refractivity contribution in [1.29, 1.82) is 0 Å². The summed E-state index contributed by atoms with van der Waals surface area (Å²) in [5.41, 5.74) is 1.21. The van der Waals surface area contributed by atoms with Crippen LogP contribution in [0.15, 0.2) is 24.3 Å². The smallest absolute Gasteiger partial charge is 0.220 e. The van der Waals surface area contributed by atoms with Gasteiger partial charge in [-0.15, -0.1) is 12.4 Å². The van der Waals surface area contributed by atoms with Gasteiger partial charge in [0, 0.05) is 13.0 Å². The van der Waals surface area contributed by atoms with Crippen molar-refractivity contribution in [2.75, 3.05) is 19.6 Å². The topological polar surface area (TPSA) is 41.1 Å². The lowest BCUT2D eigenvalue weighted by molar-refractivity contribution is -0.121. The van der Waals surface area contributed by atoms with E-state index in [0.717, 1.165) is 38.0 Å². The van der Waals surface area contributed by atoms with Gasteiger partial charge in [0.05, 0.1) is 0 Å². The Labute approximate surface area is 132 Å².